The van der Waals surface area contributed by atoms with Gasteiger partial charge in [-0.2, -0.15) is 0 Å². The molecular weight excluding hydrogens is 299 g/mol. The maximum atomic E-state index is 13.1. The van der Waals surface area contributed by atoms with Crippen molar-refractivity contribution in [2.75, 3.05) is 26.1 Å². The highest BCUT2D eigenvalue weighted by Gasteiger charge is 2.08. The van der Waals surface area contributed by atoms with Crippen LogP contribution < -0.4 is 20.1 Å². The molecule has 0 heterocycles. The van der Waals surface area contributed by atoms with E-state index >= 15 is 0 Å². The minimum Gasteiger partial charge on any atom is -0.497 e. The third-order valence-corrected chi connectivity index (χ3v) is 3.25. The number of rotatable bonds is 6. The van der Waals surface area contributed by atoms with Crippen LogP contribution >= 0.6 is 0 Å². The SMILES string of the molecule is COc1ccc(NC(=O)NCCc2cccc(F)c2)c(OC)c1. The monoisotopic (exact) mass is 318 g/mol. The number of hydrogen-bond donors (Lipinski definition) is 2. The van der Waals surface area contributed by atoms with Crippen LogP contribution in [0.15, 0.2) is 42.5 Å². The summed E-state index contributed by atoms with van der Waals surface area (Å²) in [6.45, 7) is 0.397. The lowest BCUT2D eigenvalue weighted by atomic mass is 10.1. The Kier molecular flexibility index (Phi) is 5.80. The molecule has 0 unspecified atom stereocenters. The molecule has 0 saturated heterocycles. The predicted molar refractivity (Wildman–Crippen MR) is 86.7 cm³/mol. The molecule has 122 valence electrons. The normalized spacial score (nSPS) is 10.0. The van der Waals surface area contributed by atoms with Crippen LogP contribution in [0.5, 0.6) is 11.5 Å². The van der Waals surface area contributed by atoms with Gasteiger partial charge in [0.2, 0.25) is 0 Å². The van der Waals surface area contributed by atoms with E-state index in [9.17, 15) is 9.18 Å². The summed E-state index contributed by atoms with van der Waals surface area (Å²) in [4.78, 5) is 11.9. The second-order valence-corrected chi connectivity index (χ2v) is 4.83. The summed E-state index contributed by atoms with van der Waals surface area (Å²) in [5, 5.41) is 5.43. The van der Waals surface area contributed by atoms with E-state index in [1.54, 1.807) is 31.4 Å². The fraction of sp³-hybridized carbons (Fsp3) is 0.235. The largest absolute Gasteiger partial charge is 0.497 e. The molecule has 2 rings (SSSR count). The number of anilines is 1. The van der Waals surface area contributed by atoms with Crippen molar-refractivity contribution >= 4 is 11.7 Å². The molecule has 2 amide bonds. The van der Waals surface area contributed by atoms with Crippen molar-refractivity contribution < 1.29 is 18.7 Å². The number of benzene rings is 2. The molecule has 0 spiro atoms. The molecule has 23 heavy (non-hydrogen) atoms. The van der Waals surface area contributed by atoms with Crippen LogP contribution in [0, 0.1) is 5.82 Å². The molecule has 0 aliphatic carbocycles. The molecule has 0 atom stereocenters. The fourth-order valence-electron chi connectivity index (χ4n) is 2.08. The molecule has 0 radical (unpaired) electrons. The smallest absolute Gasteiger partial charge is 0.319 e. The lowest BCUT2D eigenvalue weighted by molar-refractivity contribution is 0.252. The van der Waals surface area contributed by atoms with E-state index in [0.29, 0.717) is 30.2 Å². The van der Waals surface area contributed by atoms with Crippen LogP contribution in [0.1, 0.15) is 5.56 Å². The molecule has 2 aromatic carbocycles. The minimum atomic E-state index is -0.357. The second-order valence-electron chi connectivity index (χ2n) is 4.83. The third-order valence-electron chi connectivity index (χ3n) is 3.25. The van der Waals surface area contributed by atoms with Crippen molar-refractivity contribution in [3.8, 4) is 11.5 Å². The summed E-state index contributed by atoms with van der Waals surface area (Å²) in [6, 6.07) is 11.1. The van der Waals surface area contributed by atoms with Crippen LogP contribution in [0.25, 0.3) is 0 Å². The molecule has 2 aromatic rings. The lowest BCUT2D eigenvalue weighted by Crippen LogP contribution is -2.30. The first-order valence-corrected chi connectivity index (χ1v) is 7.13. The lowest BCUT2D eigenvalue weighted by Gasteiger charge is -2.12. The van der Waals surface area contributed by atoms with Crippen molar-refractivity contribution in [1.29, 1.82) is 0 Å². The fourth-order valence-corrected chi connectivity index (χ4v) is 2.08. The average Bonchev–Trinajstić information content (AvgIpc) is 2.55. The first-order valence-electron chi connectivity index (χ1n) is 7.13. The van der Waals surface area contributed by atoms with Crippen molar-refractivity contribution in [2.24, 2.45) is 0 Å². The van der Waals surface area contributed by atoms with Gasteiger partial charge in [-0.3, -0.25) is 0 Å². The maximum Gasteiger partial charge on any atom is 0.319 e. The topological polar surface area (TPSA) is 59.6 Å². The molecule has 6 heteroatoms. The number of amides is 2. The minimum absolute atomic E-state index is 0.282. The van der Waals surface area contributed by atoms with Crippen molar-refractivity contribution in [1.82, 2.24) is 5.32 Å². The van der Waals surface area contributed by atoms with Crippen LogP contribution in [0.4, 0.5) is 14.9 Å². The van der Waals surface area contributed by atoms with Gasteiger partial charge in [0.05, 0.1) is 19.9 Å². The molecule has 0 saturated carbocycles. The van der Waals surface area contributed by atoms with Crippen LogP contribution in [-0.4, -0.2) is 26.8 Å². The van der Waals surface area contributed by atoms with E-state index in [-0.39, 0.29) is 11.8 Å². The van der Waals surface area contributed by atoms with Crippen molar-refractivity contribution in [3.05, 3.63) is 53.8 Å². The number of carbonyl (C=O) groups excluding carboxylic acids is 1. The number of halogens is 1. The Bertz CT molecular complexity index is 677. The molecule has 5 nitrogen and oxygen atoms in total. The van der Waals surface area contributed by atoms with E-state index in [4.69, 9.17) is 9.47 Å². The molecule has 0 fully saturated rings. The Morgan fingerprint density at radius 2 is 1.96 bits per heavy atom. The van der Waals surface area contributed by atoms with E-state index in [1.807, 2.05) is 6.07 Å². The summed E-state index contributed by atoms with van der Waals surface area (Å²) in [7, 11) is 3.07. The summed E-state index contributed by atoms with van der Waals surface area (Å²) in [5.74, 6) is 0.860. The number of urea groups is 1. The standard InChI is InChI=1S/C17H19FN2O3/c1-22-14-6-7-15(16(11-14)23-2)20-17(21)19-9-8-12-4-3-5-13(18)10-12/h3-7,10-11H,8-9H2,1-2H3,(H2,19,20,21). The molecule has 0 aliphatic heterocycles. The van der Waals surface area contributed by atoms with Gasteiger partial charge in [0.15, 0.2) is 0 Å². The van der Waals surface area contributed by atoms with Gasteiger partial charge in [0.25, 0.3) is 0 Å². The van der Waals surface area contributed by atoms with Gasteiger partial charge in [-0.25, -0.2) is 9.18 Å². The molecular formula is C17H19FN2O3. The Morgan fingerprint density at radius 3 is 2.65 bits per heavy atom. The average molecular weight is 318 g/mol. The summed E-state index contributed by atoms with van der Waals surface area (Å²) in [5.41, 5.74) is 1.36. The first kappa shape index (κ1) is 16.6. The first-order chi connectivity index (χ1) is 11.1. The zero-order valence-corrected chi connectivity index (χ0v) is 13.1. The van der Waals surface area contributed by atoms with E-state index in [2.05, 4.69) is 10.6 Å². The zero-order chi connectivity index (χ0) is 16.7. The van der Waals surface area contributed by atoms with Crippen LogP contribution in [0.3, 0.4) is 0 Å². The van der Waals surface area contributed by atoms with Crippen LogP contribution in [-0.2, 0) is 6.42 Å². The molecule has 2 N–H and O–H groups in total. The number of hydrogen-bond acceptors (Lipinski definition) is 3. The van der Waals surface area contributed by atoms with E-state index in [0.717, 1.165) is 5.56 Å². The van der Waals surface area contributed by atoms with Gasteiger partial charge in [0, 0.05) is 12.6 Å². The van der Waals surface area contributed by atoms with Gasteiger partial charge >= 0.3 is 6.03 Å². The molecule has 0 bridgehead atoms. The summed E-state index contributed by atoms with van der Waals surface area (Å²) in [6.07, 6.45) is 0.547. The molecule has 0 aliphatic rings. The zero-order valence-electron chi connectivity index (χ0n) is 13.1. The maximum absolute atomic E-state index is 13.1. The number of nitrogens with one attached hydrogen (secondary N) is 2. The Morgan fingerprint density at radius 1 is 1.13 bits per heavy atom. The quantitative estimate of drug-likeness (QED) is 0.860. The van der Waals surface area contributed by atoms with Gasteiger partial charge in [-0.15, -0.1) is 0 Å². The van der Waals surface area contributed by atoms with Crippen molar-refractivity contribution in [3.63, 3.8) is 0 Å². The van der Waals surface area contributed by atoms with Gasteiger partial charge in [-0.1, -0.05) is 12.1 Å². The van der Waals surface area contributed by atoms with Gasteiger partial charge in [-0.05, 0) is 36.2 Å². The van der Waals surface area contributed by atoms with E-state index in [1.165, 1.54) is 19.2 Å². The summed E-state index contributed by atoms with van der Waals surface area (Å²) < 4.78 is 23.4. The number of carbonyl (C=O) groups is 1. The second kappa shape index (κ2) is 8.03. The summed E-state index contributed by atoms with van der Waals surface area (Å²) >= 11 is 0. The van der Waals surface area contributed by atoms with Gasteiger partial charge < -0.3 is 20.1 Å². The number of ether oxygens (including phenoxy) is 2. The Hall–Kier alpha value is -2.76. The number of methoxy groups -OCH3 is 2. The third kappa shape index (κ3) is 4.88. The van der Waals surface area contributed by atoms with E-state index < -0.39 is 0 Å². The van der Waals surface area contributed by atoms with Gasteiger partial charge in [0.1, 0.15) is 17.3 Å². The Labute approximate surface area is 134 Å². The highest BCUT2D eigenvalue weighted by molar-refractivity contribution is 5.91. The highest BCUT2D eigenvalue weighted by atomic mass is 19.1. The Balaban J connectivity index is 1.87. The highest BCUT2D eigenvalue weighted by Crippen LogP contribution is 2.28. The van der Waals surface area contributed by atoms with Crippen molar-refractivity contribution in [2.45, 2.75) is 6.42 Å². The molecule has 0 aromatic heterocycles. The predicted octanol–water partition coefficient (Wildman–Crippen LogP) is 3.21. The van der Waals surface area contributed by atoms with Crippen LogP contribution in [0.2, 0.25) is 0 Å².